The number of thioether (sulfide) groups is 1. The molecule has 2 fully saturated rings. The SMILES string of the molecule is CC1(C2OCC(CCl)O2)CCCS1. The molecule has 0 aromatic heterocycles. The molecule has 0 aromatic carbocycles. The van der Waals surface area contributed by atoms with Crippen LogP contribution in [0.15, 0.2) is 0 Å². The Morgan fingerprint density at radius 1 is 1.62 bits per heavy atom. The summed E-state index contributed by atoms with van der Waals surface area (Å²) >= 11 is 7.67. The van der Waals surface area contributed by atoms with Crippen LogP contribution in [-0.2, 0) is 9.47 Å². The number of hydrogen-bond donors (Lipinski definition) is 0. The maximum absolute atomic E-state index is 5.72. The zero-order chi connectivity index (χ0) is 9.31. The summed E-state index contributed by atoms with van der Waals surface area (Å²) in [6.45, 7) is 2.89. The summed E-state index contributed by atoms with van der Waals surface area (Å²) in [7, 11) is 0. The molecular formula is C9H15ClO2S. The van der Waals surface area contributed by atoms with Crippen LogP contribution >= 0.6 is 23.4 Å². The molecule has 0 aromatic rings. The molecule has 76 valence electrons. The second kappa shape index (κ2) is 3.97. The number of alkyl halides is 1. The minimum atomic E-state index is -0.0382. The van der Waals surface area contributed by atoms with Gasteiger partial charge in [0.1, 0.15) is 0 Å². The first-order chi connectivity index (χ1) is 6.24. The average molecular weight is 223 g/mol. The number of rotatable bonds is 2. The van der Waals surface area contributed by atoms with Crippen molar-refractivity contribution in [3.63, 3.8) is 0 Å². The van der Waals surface area contributed by atoms with Gasteiger partial charge >= 0.3 is 0 Å². The van der Waals surface area contributed by atoms with Gasteiger partial charge in [0.15, 0.2) is 6.29 Å². The molecule has 3 unspecified atom stereocenters. The third-order valence-corrected chi connectivity index (χ3v) is 4.56. The van der Waals surface area contributed by atoms with Crippen LogP contribution in [-0.4, -0.2) is 35.4 Å². The topological polar surface area (TPSA) is 18.5 Å². The van der Waals surface area contributed by atoms with Crippen molar-refractivity contribution in [3.8, 4) is 0 Å². The molecule has 2 saturated heterocycles. The Balaban J connectivity index is 1.94. The molecule has 0 saturated carbocycles. The lowest BCUT2D eigenvalue weighted by molar-refractivity contribution is -0.0768. The molecular weight excluding hydrogens is 208 g/mol. The van der Waals surface area contributed by atoms with Crippen LogP contribution in [0.5, 0.6) is 0 Å². The first-order valence-corrected chi connectivity index (χ1v) is 6.23. The lowest BCUT2D eigenvalue weighted by atomic mass is 10.1. The van der Waals surface area contributed by atoms with E-state index >= 15 is 0 Å². The van der Waals surface area contributed by atoms with E-state index in [9.17, 15) is 0 Å². The van der Waals surface area contributed by atoms with E-state index in [1.807, 2.05) is 11.8 Å². The molecule has 0 aliphatic carbocycles. The van der Waals surface area contributed by atoms with E-state index in [-0.39, 0.29) is 17.1 Å². The van der Waals surface area contributed by atoms with Crippen LogP contribution in [0.1, 0.15) is 19.8 Å². The number of halogens is 1. The zero-order valence-corrected chi connectivity index (χ0v) is 9.37. The molecule has 0 bridgehead atoms. The molecule has 0 amide bonds. The quantitative estimate of drug-likeness (QED) is 0.668. The van der Waals surface area contributed by atoms with E-state index in [1.54, 1.807) is 0 Å². The smallest absolute Gasteiger partial charge is 0.172 e. The molecule has 13 heavy (non-hydrogen) atoms. The van der Waals surface area contributed by atoms with Crippen LogP contribution in [0.3, 0.4) is 0 Å². The van der Waals surface area contributed by atoms with E-state index in [0.29, 0.717) is 12.5 Å². The molecule has 2 aliphatic rings. The van der Waals surface area contributed by atoms with E-state index in [0.717, 1.165) is 0 Å². The fourth-order valence-electron chi connectivity index (χ4n) is 1.84. The van der Waals surface area contributed by atoms with E-state index in [2.05, 4.69) is 6.92 Å². The van der Waals surface area contributed by atoms with Gasteiger partial charge in [0, 0.05) is 0 Å². The van der Waals surface area contributed by atoms with Crippen molar-refractivity contribution >= 4 is 23.4 Å². The van der Waals surface area contributed by atoms with Crippen LogP contribution in [0.2, 0.25) is 0 Å². The van der Waals surface area contributed by atoms with Gasteiger partial charge in [-0.3, -0.25) is 0 Å². The lowest BCUT2D eigenvalue weighted by Crippen LogP contribution is -2.35. The van der Waals surface area contributed by atoms with Crippen LogP contribution in [0.25, 0.3) is 0 Å². The summed E-state index contributed by atoms with van der Waals surface area (Å²) in [5.41, 5.74) is 0. The van der Waals surface area contributed by atoms with Gasteiger partial charge in [-0.15, -0.1) is 11.6 Å². The van der Waals surface area contributed by atoms with Gasteiger partial charge in [-0.1, -0.05) is 0 Å². The van der Waals surface area contributed by atoms with Gasteiger partial charge in [0.05, 0.1) is 23.3 Å². The molecule has 2 rings (SSSR count). The Kier molecular flexibility index (Phi) is 3.08. The Morgan fingerprint density at radius 3 is 3.00 bits per heavy atom. The molecule has 3 atom stereocenters. The summed E-state index contributed by atoms with van der Waals surface area (Å²) in [5.74, 6) is 1.77. The highest BCUT2D eigenvalue weighted by atomic mass is 35.5. The predicted octanol–water partition coefficient (Wildman–Crippen LogP) is 2.25. The predicted molar refractivity (Wildman–Crippen MR) is 55.4 cm³/mol. The van der Waals surface area contributed by atoms with E-state index < -0.39 is 0 Å². The van der Waals surface area contributed by atoms with Crippen molar-refractivity contribution in [1.82, 2.24) is 0 Å². The molecule has 2 nitrogen and oxygen atoms in total. The van der Waals surface area contributed by atoms with Crippen molar-refractivity contribution in [3.05, 3.63) is 0 Å². The summed E-state index contributed by atoms with van der Waals surface area (Å²) in [5, 5.41) is 0. The third-order valence-electron chi connectivity index (χ3n) is 2.67. The van der Waals surface area contributed by atoms with Gasteiger partial charge in [-0.05, 0) is 25.5 Å². The first-order valence-electron chi connectivity index (χ1n) is 4.71. The normalized spacial score (nSPS) is 45.7. The summed E-state index contributed by atoms with van der Waals surface area (Å²) in [4.78, 5) is 0. The molecule has 2 heterocycles. The van der Waals surface area contributed by atoms with Crippen molar-refractivity contribution in [1.29, 1.82) is 0 Å². The maximum atomic E-state index is 5.72. The summed E-state index contributed by atoms with van der Waals surface area (Å²) in [6, 6.07) is 0. The molecule has 2 aliphatic heterocycles. The zero-order valence-electron chi connectivity index (χ0n) is 7.79. The van der Waals surface area contributed by atoms with Crippen molar-refractivity contribution in [2.24, 2.45) is 0 Å². The average Bonchev–Trinajstić information content (AvgIpc) is 2.72. The van der Waals surface area contributed by atoms with E-state index in [1.165, 1.54) is 18.6 Å². The van der Waals surface area contributed by atoms with Gasteiger partial charge in [0.2, 0.25) is 0 Å². The minimum absolute atomic E-state index is 0.0382. The molecule has 0 N–H and O–H groups in total. The van der Waals surface area contributed by atoms with Gasteiger partial charge in [-0.25, -0.2) is 0 Å². The van der Waals surface area contributed by atoms with Crippen molar-refractivity contribution < 1.29 is 9.47 Å². The second-order valence-electron chi connectivity index (χ2n) is 3.84. The fraction of sp³-hybridized carbons (Fsp3) is 1.00. The molecule has 0 spiro atoms. The largest absolute Gasteiger partial charge is 0.348 e. The minimum Gasteiger partial charge on any atom is -0.348 e. The fourth-order valence-corrected chi connectivity index (χ4v) is 3.30. The molecule has 0 radical (unpaired) electrons. The number of hydrogen-bond acceptors (Lipinski definition) is 3. The van der Waals surface area contributed by atoms with Crippen LogP contribution in [0.4, 0.5) is 0 Å². The summed E-state index contributed by atoms with van der Waals surface area (Å²) in [6.07, 6.45) is 2.53. The first kappa shape index (κ1) is 10.1. The van der Waals surface area contributed by atoms with Crippen LogP contribution < -0.4 is 0 Å². The van der Waals surface area contributed by atoms with Gasteiger partial charge < -0.3 is 9.47 Å². The van der Waals surface area contributed by atoms with Crippen molar-refractivity contribution in [2.45, 2.75) is 36.9 Å². The maximum Gasteiger partial charge on any atom is 0.172 e. The van der Waals surface area contributed by atoms with E-state index in [4.69, 9.17) is 21.1 Å². The number of ether oxygens (including phenoxy) is 2. The Labute approximate surface area is 88.3 Å². The monoisotopic (exact) mass is 222 g/mol. The van der Waals surface area contributed by atoms with Crippen LogP contribution in [0, 0.1) is 0 Å². The molecule has 4 heteroatoms. The van der Waals surface area contributed by atoms with Crippen molar-refractivity contribution in [2.75, 3.05) is 18.2 Å². The highest BCUT2D eigenvalue weighted by Crippen LogP contribution is 2.43. The lowest BCUT2D eigenvalue weighted by Gasteiger charge is -2.28. The standard InChI is InChI=1S/C9H15ClO2S/c1-9(3-2-4-13-9)8-11-6-7(5-10)12-8/h7-8H,2-6H2,1H3. The third kappa shape index (κ3) is 1.99. The van der Waals surface area contributed by atoms with Gasteiger partial charge in [-0.2, -0.15) is 11.8 Å². The Bertz CT molecular complexity index is 182. The highest BCUT2D eigenvalue weighted by Gasteiger charge is 2.43. The summed E-state index contributed by atoms with van der Waals surface area (Å²) < 4.78 is 11.5. The van der Waals surface area contributed by atoms with Gasteiger partial charge in [0.25, 0.3) is 0 Å². The highest BCUT2D eigenvalue weighted by molar-refractivity contribution is 8.00. The Hall–Kier alpha value is 0.560. The second-order valence-corrected chi connectivity index (χ2v) is 5.78. The Morgan fingerprint density at radius 2 is 2.46 bits per heavy atom.